The summed E-state index contributed by atoms with van der Waals surface area (Å²) < 4.78 is 10.2. The smallest absolute Gasteiger partial charge is 0.381 e. The largest absolute Gasteiger partial charge is 0.485 e. The van der Waals surface area contributed by atoms with Gasteiger partial charge in [-0.05, 0) is 13.3 Å². The summed E-state index contributed by atoms with van der Waals surface area (Å²) in [5.41, 5.74) is 0.369. The van der Waals surface area contributed by atoms with Crippen molar-refractivity contribution in [2.75, 3.05) is 11.9 Å². The Balaban J connectivity index is 3.25. The first-order valence-corrected chi connectivity index (χ1v) is 5.70. The zero-order valence-corrected chi connectivity index (χ0v) is 10.8. The lowest BCUT2D eigenvalue weighted by atomic mass is 10.2. The molecule has 18 heavy (non-hydrogen) atoms. The van der Waals surface area contributed by atoms with Gasteiger partial charge in [0.25, 0.3) is 0 Å². The van der Waals surface area contributed by atoms with Crippen molar-refractivity contribution in [3.63, 3.8) is 0 Å². The Morgan fingerprint density at radius 3 is 2.67 bits per heavy atom. The number of allylic oxidation sites excluding steroid dienone is 1. The van der Waals surface area contributed by atoms with Gasteiger partial charge in [-0.25, -0.2) is 4.79 Å². The lowest BCUT2D eigenvalue weighted by Crippen LogP contribution is -2.13. The summed E-state index contributed by atoms with van der Waals surface area (Å²) in [5.74, 6) is -0.253. The van der Waals surface area contributed by atoms with Crippen molar-refractivity contribution < 1.29 is 13.9 Å². The summed E-state index contributed by atoms with van der Waals surface area (Å²) in [7, 11) is 0. The van der Waals surface area contributed by atoms with Crippen molar-refractivity contribution in [2.45, 2.75) is 27.2 Å². The second kappa shape index (κ2) is 6.05. The Hall–Kier alpha value is -2.04. The Labute approximate surface area is 105 Å². The Morgan fingerprint density at radius 2 is 2.17 bits per heavy atom. The monoisotopic (exact) mass is 251 g/mol. The standard InChI is InChI=1S/C13H17NO4/c1-5-6-17-12-10(14-8(2)3)7-11(9(4)15)18-13(12)16/h7,14H,2,5-6H2,1,3-4H3. The number of ketones is 1. The molecule has 0 aliphatic carbocycles. The van der Waals surface area contributed by atoms with Gasteiger partial charge in [0.1, 0.15) is 0 Å². The number of Topliss-reactive ketones (excluding diaryl/α,β-unsaturated/α-hetero) is 1. The quantitative estimate of drug-likeness (QED) is 0.787. The molecule has 1 aromatic heterocycles. The fourth-order valence-electron chi connectivity index (χ4n) is 1.32. The molecule has 1 N–H and O–H groups in total. The van der Waals surface area contributed by atoms with E-state index < -0.39 is 5.63 Å². The van der Waals surface area contributed by atoms with Gasteiger partial charge >= 0.3 is 5.63 Å². The van der Waals surface area contributed by atoms with Crippen molar-refractivity contribution >= 4 is 11.5 Å². The number of carbonyl (C=O) groups excluding carboxylic acids is 1. The van der Waals surface area contributed by atoms with Crippen LogP contribution in [0, 0.1) is 0 Å². The molecule has 1 heterocycles. The maximum atomic E-state index is 11.7. The Morgan fingerprint density at radius 1 is 1.50 bits per heavy atom. The van der Waals surface area contributed by atoms with Gasteiger partial charge in [0.15, 0.2) is 11.5 Å². The highest BCUT2D eigenvalue weighted by Crippen LogP contribution is 2.23. The van der Waals surface area contributed by atoms with Crippen LogP contribution in [0.15, 0.2) is 27.6 Å². The molecule has 0 spiro atoms. The summed E-state index contributed by atoms with van der Waals surface area (Å²) in [5, 5.41) is 2.89. The first-order chi connectivity index (χ1) is 8.45. The third-order valence-electron chi connectivity index (χ3n) is 2.05. The van der Waals surface area contributed by atoms with Crippen molar-refractivity contribution in [3.05, 3.63) is 34.5 Å². The summed E-state index contributed by atoms with van der Waals surface area (Å²) in [6, 6.07) is 1.45. The van der Waals surface area contributed by atoms with Crippen molar-refractivity contribution in [1.82, 2.24) is 0 Å². The van der Waals surface area contributed by atoms with E-state index in [0.29, 0.717) is 18.0 Å². The second-order valence-corrected chi connectivity index (χ2v) is 3.95. The fourth-order valence-corrected chi connectivity index (χ4v) is 1.32. The molecule has 0 amide bonds. The van der Waals surface area contributed by atoms with Crippen LogP contribution in [0.3, 0.4) is 0 Å². The van der Waals surface area contributed by atoms with Crippen molar-refractivity contribution in [3.8, 4) is 5.75 Å². The zero-order chi connectivity index (χ0) is 13.7. The predicted molar refractivity (Wildman–Crippen MR) is 69.2 cm³/mol. The minimum atomic E-state index is -0.667. The van der Waals surface area contributed by atoms with Crippen LogP contribution in [0.4, 0.5) is 5.69 Å². The fraction of sp³-hybridized carbons (Fsp3) is 0.385. The van der Waals surface area contributed by atoms with Crippen LogP contribution in [0.1, 0.15) is 37.7 Å². The predicted octanol–water partition coefficient (Wildman–Crippen LogP) is 2.58. The highest BCUT2D eigenvalue weighted by atomic mass is 16.5. The van der Waals surface area contributed by atoms with E-state index in [1.807, 2.05) is 6.92 Å². The number of ether oxygens (including phenoxy) is 1. The molecule has 0 bridgehead atoms. The zero-order valence-electron chi connectivity index (χ0n) is 10.8. The van der Waals surface area contributed by atoms with E-state index in [9.17, 15) is 9.59 Å². The SMILES string of the molecule is C=C(C)Nc1cc(C(C)=O)oc(=O)c1OCCC. The lowest BCUT2D eigenvalue weighted by Gasteiger charge is -2.11. The van der Waals surface area contributed by atoms with E-state index >= 15 is 0 Å². The van der Waals surface area contributed by atoms with Gasteiger partial charge in [0.2, 0.25) is 5.75 Å². The molecule has 98 valence electrons. The first-order valence-electron chi connectivity index (χ1n) is 5.70. The van der Waals surface area contributed by atoms with Gasteiger partial charge in [-0.3, -0.25) is 4.79 Å². The molecule has 5 nitrogen and oxygen atoms in total. The number of hydrogen-bond donors (Lipinski definition) is 1. The van der Waals surface area contributed by atoms with Crippen LogP contribution in [0.5, 0.6) is 5.75 Å². The molecule has 0 aliphatic rings. The van der Waals surface area contributed by atoms with E-state index in [2.05, 4.69) is 11.9 Å². The van der Waals surface area contributed by atoms with Crippen molar-refractivity contribution in [1.29, 1.82) is 0 Å². The summed E-state index contributed by atoms with van der Waals surface area (Å²) >= 11 is 0. The Bertz CT molecular complexity index is 516. The van der Waals surface area contributed by atoms with E-state index in [1.165, 1.54) is 13.0 Å². The molecule has 0 fully saturated rings. The molecular weight excluding hydrogens is 234 g/mol. The number of hydrogen-bond acceptors (Lipinski definition) is 5. The maximum absolute atomic E-state index is 11.7. The number of nitrogens with one attached hydrogen (secondary N) is 1. The minimum Gasteiger partial charge on any atom is -0.485 e. The van der Waals surface area contributed by atoms with Gasteiger partial charge in [-0.1, -0.05) is 13.5 Å². The molecule has 0 saturated carbocycles. The van der Waals surface area contributed by atoms with Gasteiger partial charge in [0.05, 0.1) is 12.3 Å². The molecule has 0 radical (unpaired) electrons. The van der Waals surface area contributed by atoms with Gasteiger partial charge in [-0.15, -0.1) is 0 Å². The van der Waals surface area contributed by atoms with Crippen LogP contribution >= 0.6 is 0 Å². The van der Waals surface area contributed by atoms with Crippen LogP contribution in [-0.4, -0.2) is 12.4 Å². The van der Waals surface area contributed by atoms with E-state index in [4.69, 9.17) is 9.15 Å². The van der Waals surface area contributed by atoms with Gasteiger partial charge < -0.3 is 14.5 Å². The van der Waals surface area contributed by atoms with Gasteiger partial charge in [-0.2, -0.15) is 0 Å². The highest BCUT2D eigenvalue weighted by molar-refractivity contribution is 5.92. The van der Waals surface area contributed by atoms with E-state index in [-0.39, 0.29) is 17.3 Å². The molecular formula is C13H17NO4. The van der Waals surface area contributed by atoms with Crippen LogP contribution < -0.4 is 15.7 Å². The second-order valence-electron chi connectivity index (χ2n) is 3.95. The molecule has 0 aromatic carbocycles. The highest BCUT2D eigenvalue weighted by Gasteiger charge is 2.15. The number of carbonyl (C=O) groups is 1. The Kier molecular flexibility index (Phi) is 4.71. The molecule has 5 heteroatoms. The third-order valence-corrected chi connectivity index (χ3v) is 2.05. The molecule has 0 aliphatic heterocycles. The van der Waals surface area contributed by atoms with Gasteiger partial charge in [0, 0.05) is 18.7 Å². The summed E-state index contributed by atoms with van der Waals surface area (Å²) in [6.07, 6.45) is 0.764. The normalized spacial score (nSPS) is 9.94. The third kappa shape index (κ3) is 3.48. The topological polar surface area (TPSA) is 68.5 Å². The van der Waals surface area contributed by atoms with Crippen molar-refractivity contribution in [2.24, 2.45) is 0 Å². The minimum absolute atomic E-state index is 0.00685. The summed E-state index contributed by atoms with van der Waals surface area (Å²) in [6.45, 7) is 9.09. The number of anilines is 1. The molecule has 0 unspecified atom stereocenters. The molecule has 1 aromatic rings. The van der Waals surface area contributed by atoms with E-state index in [1.54, 1.807) is 6.92 Å². The molecule has 0 atom stereocenters. The number of rotatable bonds is 6. The lowest BCUT2D eigenvalue weighted by molar-refractivity contribution is 0.0982. The van der Waals surface area contributed by atoms with Crippen LogP contribution in [0.2, 0.25) is 0 Å². The molecule has 1 rings (SSSR count). The maximum Gasteiger partial charge on any atom is 0.381 e. The summed E-state index contributed by atoms with van der Waals surface area (Å²) in [4.78, 5) is 23.0. The van der Waals surface area contributed by atoms with Crippen LogP contribution in [0.25, 0.3) is 0 Å². The molecule has 0 saturated heterocycles. The average molecular weight is 251 g/mol. The first kappa shape index (κ1) is 14.0. The van der Waals surface area contributed by atoms with Crippen LogP contribution in [-0.2, 0) is 0 Å². The average Bonchev–Trinajstić information content (AvgIpc) is 2.26. The van der Waals surface area contributed by atoms with E-state index in [0.717, 1.165) is 6.42 Å².